The van der Waals surface area contributed by atoms with Crippen molar-refractivity contribution in [2.45, 2.75) is 65.5 Å². The number of piperidine rings is 1. The molecule has 1 fully saturated rings. The van der Waals surface area contributed by atoms with Gasteiger partial charge in [0.15, 0.2) is 0 Å². The molecule has 0 aromatic heterocycles. The van der Waals surface area contributed by atoms with Crippen molar-refractivity contribution in [3.63, 3.8) is 0 Å². The van der Waals surface area contributed by atoms with Crippen molar-refractivity contribution in [3.05, 3.63) is 0 Å². The average Bonchev–Trinajstić information content (AvgIpc) is 2.35. The van der Waals surface area contributed by atoms with E-state index >= 15 is 0 Å². The third kappa shape index (κ3) is 5.68. The highest BCUT2D eigenvalue weighted by molar-refractivity contribution is 7.87. The first kappa shape index (κ1) is 17.9. The number of rotatable bonds is 7. The van der Waals surface area contributed by atoms with Gasteiger partial charge in [-0.1, -0.05) is 20.8 Å². The van der Waals surface area contributed by atoms with Crippen LogP contribution in [0.5, 0.6) is 0 Å². The second kappa shape index (κ2) is 7.20. The van der Waals surface area contributed by atoms with E-state index < -0.39 is 10.2 Å². The quantitative estimate of drug-likeness (QED) is 0.753. The zero-order valence-electron chi connectivity index (χ0n) is 13.6. The van der Waals surface area contributed by atoms with E-state index in [1.165, 1.54) is 0 Å². The van der Waals surface area contributed by atoms with Crippen LogP contribution in [-0.4, -0.2) is 43.9 Å². The molecule has 0 spiro atoms. The smallest absolute Gasteiger partial charge is 0.279 e. The molecule has 0 saturated carbocycles. The molecule has 1 aliphatic rings. The Bertz CT molecular complexity index is 393. The second-order valence-electron chi connectivity index (χ2n) is 6.77. The maximum atomic E-state index is 12.4. The van der Waals surface area contributed by atoms with Gasteiger partial charge in [0.1, 0.15) is 0 Å². The molecule has 1 rings (SSSR count). The van der Waals surface area contributed by atoms with Gasteiger partial charge in [0.2, 0.25) is 0 Å². The predicted molar refractivity (Wildman–Crippen MR) is 83.9 cm³/mol. The van der Waals surface area contributed by atoms with Crippen molar-refractivity contribution in [2.24, 2.45) is 5.92 Å². The van der Waals surface area contributed by atoms with Crippen LogP contribution < -0.4 is 10.0 Å². The van der Waals surface area contributed by atoms with E-state index in [9.17, 15) is 8.42 Å². The molecule has 1 aliphatic heterocycles. The van der Waals surface area contributed by atoms with E-state index in [4.69, 9.17) is 0 Å². The standard InChI is InChI=1S/C14H31N3O2S/c1-6-14(4,5)16-20(18,19)17-9-7-8-13(11-17)10-15-12(2)3/h12-13,15-16H,6-11H2,1-5H3. The fourth-order valence-corrected chi connectivity index (χ4v) is 4.05. The van der Waals surface area contributed by atoms with Crippen molar-refractivity contribution in [3.8, 4) is 0 Å². The summed E-state index contributed by atoms with van der Waals surface area (Å²) in [4.78, 5) is 0. The minimum Gasteiger partial charge on any atom is -0.314 e. The Morgan fingerprint density at radius 1 is 1.35 bits per heavy atom. The molecule has 1 atom stereocenters. The monoisotopic (exact) mass is 305 g/mol. The van der Waals surface area contributed by atoms with Crippen molar-refractivity contribution >= 4 is 10.2 Å². The zero-order chi connectivity index (χ0) is 15.4. The van der Waals surface area contributed by atoms with E-state index in [0.29, 0.717) is 25.0 Å². The molecule has 0 amide bonds. The first-order valence-corrected chi connectivity index (χ1v) is 9.12. The van der Waals surface area contributed by atoms with Gasteiger partial charge in [-0.25, -0.2) is 0 Å². The van der Waals surface area contributed by atoms with Crippen LogP contribution in [0.1, 0.15) is 53.9 Å². The van der Waals surface area contributed by atoms with Gasteiger partial charge in [-0.05, 0) is 45.6 Å². The minimum atomic E-state index is -3.37. The highest BCUT2D eigenvalue weighted by atomic mass is 32.2. The third-order valence-electron chi connectivity index (χ3n) is 3.93. The summed E-state index contributed by atoms with van der Waals surface area (Å²) in [5, 5.41) is 3.40. The van der Waals surface area contributed by atoms with Crippen molar-refractivity contribution in [2.75, 3.05) is 19.6 Å². The summed E-state index contributed by atoms with van der Waals surface area (Å²) in [6.45, 7) is 12.2. The van der Waals surface area contributed by atoms with Crippen molar-refractivity contribution < 1.29 is 8.42 Å². The average molecular weight is 305 g/mol. The molecule has 0 aromatic rings. The van der Waals surface area contributed by atoms with Crippen LogP contribution in [0.2, 0.25) is 0 Å². The minimum absolute atomic E-state index is 0.387. The lowest BCUT2D eigenvalue weighted by atomic mass is 9.99. The molecule has 0 aromatic carbocycles. The maximum absolute atomic E-state index is 12.4. The fourth-order valence-electron chi connectivity index (χ4n) is 2.30. The summed E-state index contributed by atoms with van der Waals surface area (Å²) in [6, 6.07) is 0.444. The van der Waals surface area contributed by atoms with E-state index in [1.807, 2.05) is 20.8 Å². The van der Waals surface area contributed by atoms with E-state index in [2.05, 4.69) is 23.9 Å². The molecule has 1 heterocycles. The van der Waals surface area contributed by atoms with Gasteiger partial charge in [0, 0.05) is 24.7 Å². The summed E-state index contributed by atoms with van der Waals surface area (Å²) >= 11 is 0. The Labute approximate surface area is 124 Å². The Morgan fingerprint density at radius 2 is 2.00 bits per heavy atom. The van der Waals surface area contributed by atoms with Crippen LogP contribution in [0.3, 0.4) is 0 Å². The van der Waals surface area contributed by atoms with Crippen molar-refractivity contribution in [1.29, 1.82) is 0 Å². The molecule has 0 bridgehead atoms. The predicted octanol–water partition coefficient (Wildman–Crippen LogP) is 1.72. The first-order chi connectivity index (χ1) is 9.16. The van der Waals surface area contributed by atoms with Crippen LogP contribution in [-0.2, 0) is 10.2 Å². The molecule has 5 nitrogen and oxygen atoms in total. The Hall–Kier alpha value is -0.170. The normalized spacial score (nSPS) is 22.4. The summed E-state index contributed by atoms with van der Waals surface area (Å²) in [5.41, 5.74) is -0.387. The van der Waals surface area contributed by atoms with Crippen LogP contribution in [0.15, 0.2) is 0 Å². The molecule has 120 valence electrons. The van der Waals surface area contributed by atoms with E-state index in [0.717, 1.165) is 25.8 Å². The zero-order valence-corrected chi connectivity index (χ0v) is 14.4. The molecule has 20 heavy (non-hydrogen) atoms. The van der Waals surface area contributed by atoms with Gasteiger partial charge in [-0.2, -0.15) is 17.4 Å². The SMILES string of the molecule is CCC(C)(C)NS(=O)(=O)N1CCCC(CNC(C)C)C1. The lowest BCUT2D eigenvalue weighted by Gasteiger charge is -2.35. The molecule has 1 unspecified atom stereocenters. The van der Waals surface area contributed by atoms with Crippen molar-refractivity contribution in [1.82, 2.24) is 14.3 Å². The highest BCUT2D eigenvalue weighted by Crippen LogP contribution is 2.20. The summed E-state index contributed by atoms with van der Waals surface area (Å²) in [6.07, 6.45) is 2.82. The fraction of sp³-hybridized carbons (Fsp3) is 1.00. The molecular weight excluding hydrogens is 274 g/mol. The third-order valence-corrected chi connectivity index (χ3v) is 5.75. The van der Waals surface area contributed by atoms with Crippen LogP contribution in [0.25, 0.3) is 0 Å². The lowest BCUT2D eigenvalue weighted by molar-refractivity contribution is 0.250. The highest BCUT2D eigenvalue weighted by Gasteiger charge is 2.32. The van der Waals surface area contributed by atoms with Gasteiger partial charge in [0.25, 0.3) is 10.2 Å². The van der Waals surface area contributed by atoms with Gasteiger partial charge < -0.3 is 5.32 Å². The first-order valence-electron chi connectivity index (χ1n) is 7.68. The van der Waals surface area contributed by atoms with Gasteiger partial charge in [0.05, 0.1) is 0 Å². The van der Waals surface area contributed by atoms with Gasteiger partial charge in [-0.15, -0.1) is 0 Å². The van der Waals surface area contributed by atoms with E-state index in [-0.39, 0.29) is 5.54 Å². The lowest BCUT2D eigenvalue weighted by Crippen LogP contribution is -2.53. The number of nitrogens with zero attached hydrogens (tertiary/aromatic N) is 1. The molecule has 1 saturated heterocycles. The van der Waals surface area contributed by atoms with Crippen LogP contribution in [0, 0.1) is 5.92 Å². The second-order valence-corrected chi connectivity index (χ2v) is 8.44. The Balaban J connectivity index is 2.61. The Kier molecular flexibility index (Phi) is 6.44. The Morgan fingerprint density at radius 3 is 2.55 bits per heavy atom. The maximum Gasteiger partial charge on any atom is 0.279 e. The molecule has 0 aliphatic carbocycles. The molecule has 6 heteroatoms. The molecule has 0 radical (unpaired) electrons. The van der Waals surface area contributed by atoms with Crippen LogP contribution in [0.4, 0.5) is 0 Å². The van der Waals surface area contributed by atoms with Crippen LogP contribution >= 0.6 is 0 Å². The number of hydrogen-bond acceptors (Lipinski definition) is 3. The summed E-state index contributed by atoms with van der Waals surface area (Å²) in [5.74, 6) is 0.410. The van der Waals surface area contributed by atoms with Gasteiger partial charge in [-0.3, -0.25) is 0 Å². The number of hydrogen-bond donors (Lipinski definition) is 2. The molecule has 2 N–H and O–H groups in total. The number of nitrogens with one attached hydrogen (secondary N) is 2. The largest absolute Gasteiger partial charge is 0.314 e. The summed E-state index contributed by atoms with van der Waals surface area (Å²) in [7, 11) is -3.37. The van der Waals surface area contributed by atoms with E-state index in [1.54, 1.807) is 4.31 Å². The van der Waals surface area contributed by atoms with Gasteiger partial charge >= 0.3 is 0 Å². The summed E-state index contributed by atoms with van der Waals surface area (Å²) < 4.78 is 29.3. The molecular formula is C14H31N3O2S. The topological polar surface area (TPSA) is 61.4 Å².